The van der Waals surface area contributed by atoms with E-state index in [9.17, 15) is 4.79 Å². The van der Waals surface area contributed by atoms with E-state index in [2.05, 4.69) is 6.07 Å². The third-order valence-corrected chi connectivity index (χ3v) is 3.35. The number of hydrogen-bond donors (Lipinski definition) is 1. The van der Waals surface area contributed by atoms with E-state index in [4.69, 9.17) is 9.84 Å². The van der Waals surface area contributed by atoms with Gasteiger partial charge in [-0.05, 0) is 36.1 Å². The lowest BCUT2D eigenvalue weighted by atomic mass is 9.96. The Kier molecular flexibility index (Phi) is 2.95. The second kappa shape index (κ2) is 4.76. The molecule has 2 aromatic carbocycles. The number of benzene rings is 2. The molecule has 0 bridgehead atoms. The van der Waals surface area contributed by atoms with Crippen LogP contribution < -0.4 is 4.74 Å². The molecule has 0 saturated carbocycles. The van der Waals surface area contributed by atoms with Gasteiger partial charge in [0.15, 0.2) is 0 Å². The van der Waals surface area contributed by atoms with Crippen LogP contribution in [-0.2, 0) is 6.42 Å². The van der Waals surface area contributed by atoms with Crippen molar-refractivity contribution in [2.24, 2.45) is 0 Å². The number of hydrogen-bond acceptors (Lipinski definition) is 2. The zero-order chi connectivity index (χ0) is 13.2. The fourth-order valence-corrected chi connectivity index (χ4v) is 2.44. The zero-order valence-corrected chi connectivity index (χ0v) is 10.4. The first-order valence-electron chi connectivity index (χ1n) is 6.34. The van der Waals surface area contributed by atoms with Gasteiger partial charge in [0.1, 0.15) is 5.75 Å². The third kappa shape index (κ3) is 2.19. The fraction of sp³-hybridized carbons (Fsp3) is 0.188. The molecular formula is C16H14O3. The molecule has 0 atom stereocenters. The van der Waals surface area contributed by atoms with Gasteiger partial charge in [0, 0.05) is 5.56 Å². The van der Waals surface area contributed by atoms with Crippen molar-refractivity contribution in [3.05, 3.63) is 53.6 Å². The molecule has 3 heteroatoms. The van der Waals surface area contributed by atoms with Crippen molar-refractivity contribution in [2.45, 2.75) is 12.8 Å². The van der Waals surface area contributed by atoms with Crippen LogP contribution in [0.5, 0.6) is 5.75 Å². The Balaban J connectivity index is 2.12. The number of carboxylic acid groups (broad SMARTS) is 1. The van der Waals surface area contributed by atoms with Crippen molar-refractivity contribution >= 4 is 5.97 Å². The number of fused-ring (bicyclic) bond motifs is 1. The lowest BCUT2D eigenvalue weighted by molar-refractivity contribution is 0.0697. The standard InChI is InChI=1S/C16H14O3/c17-16(18)13-6-1-5-12(10-13)14-8-2-4-11-7-3-9-19-15(11)14/h1-2,4-6,8,10H,3,7,9H2,(H,17,18). The summed E-state index contributed by atoms with van der Waals surface area (Å²) in [5.41, 5.74) is 3.36. The maximum absolute atomic E-state index is 11.0. The number of ether oxygens (including phenoxy) is 1. The first-order valence-corrected chi connectivity index (χ1v) is 6.34. The average molecular weight is 254 g/mol. The molecule has 0 aromatic heterocycles. The van der Waals surface area contributed by atoms with E-state index < -0.39 is 5.97 Å². The highest BCUT2D eigenvalue weighted by molar-refractivity contribution is 5.90. The zero-order valence-electron chi connectivity index (χ0n) is 10.4. The molecule has 1 aliphatic heterocycles. The molecule has 0 spiro atoms. The van der Waals surface area contributed by atoms with Gasteiger partial charge in [-0.1, -0.05) is 30.3 Å². The highest BCUT2D eigenvalue weighted by Gasteiger charge is 2.16. The maximum atomic E-state index is 11.0. The topological polar surface area (TPSA) is 46.5 Å². The van der Waals surface area contributed by atoms with Gasteiger partial charge < -0.3 is 9.84 Å². The summed E-state index contributed by atoms with van der Waals surface area (Å²) in [4.78, 5) is 11.0. The molecule has 1 heterocycles. The molecule has 1 N–H and O–H groups in total. The van der Waals surface area contributed by atoms with Crippen LogP contribution in [0.2, 0.25) is 0 Å². The molecule has 0 saturated heterocycles. The summed E-state index contributed by atoms with van der Waals surface area (Å²) in [6, 6.07) is 13.0. The van der Waals surface area contributed by atoms with Crippen LogP contribution in [0.15, 0.2) is 42.5 Å². The van der Waals surface area contributed by atoms with E-state index >= 15 is 0 Å². The fourth-order valence-electron chi connectivity index (χ4n) is 2.44. The van der Waals surface area contributed by atoms with Gasteiger partial charge in [-0.3, -0.25) is 0 Å². The van der Waals surface area contributed by atoms with Crippen molar-refractivity contribution < 1.29 is 14.6 Å². The Morgan fingerprint density at radius 2 is 2.00 bits per heavy atom. The summed E-state index contributed by atoms with van der Waals surface area (Å²) >= 11 is 0. The monoisotopic (exact) mass is 254 g/mol. The number of rotatable bonds is 2. The summed E-state index contributed by atoms with van der Waals surface area (Å²) < 4.78 is 5.76. The summed E-state index contributed by atoms with van der Waals surface area (Å²) in [5, 5.41) is 9.06. The van der Waals surface area contributed by atoms with Crippen molar-refractivity contribution in [3.63, 3.8) is 0 Å². The molecular weight excluding hydrogens is 240 g/mol. The van der Waals surface area contributed by atoms with Crippen molar-refractivity contribution in [1.82, 2.24) is 0 Å². The summed E-state index contributed by atoms with van der Waals surface area (Å²) in [5.74, 6) is -0.0103. The minimum atomic E-state index is -0.910. The van der Waals surface area contributed by atoms with Crippen LogP contribution in [0.25, 0.3) is 11.1 Å². The van der Waals surface area contributed by atoms with E-state index in [1.807, 2.05) is 18.2 Å². The Labute approximate surface area is 111 Å². The van der Waals surface area contributed by atoms with Gasteiger partial charge in [0.05, 0.1) is 12.2 Å². The molecule has 0 fully saturated rings. The van der Waals surface area contributed by atoms with Gasteiger partial charge in [-0.2, -0.15) is 0 Å². The van der Waals surface area contributed by atoms with E-state index in [1.165, 1.54) is 5.56 Å². The van der Waals surface area contributed by atoms with E-state index in [0.717, 1.165) is 36.3 Å². The normalized spacial score (nSPS) is 13.5. The van der Waals surface area contributed by atoms with Crippen LogP contribution in [0, 0.1) is 0 Å². The Morgan fingerprint density at radius 3 is 2.84 bits per heavy atom. The molecule has 0 radical (unpaired) electrons. The molecule has 96 valence electrons. The Morgan fingerprint density at radius 1 is 1.16 bits per heavy atom. The second-order valence-electron chi connectivity index (χ2n) is 4.63. The van der Waals surface area contributed by atoms with Crippen molar-refractivity contribution in [1.29, 1.82) is 0 Å². The number of aryl methyl sites for hydroxylation is 1. The summed E-state index contributed by atoms with van der Waals surface area (Å²) in [6.07, 6.45) is 2.05. The van der Waals surface area contributed by atoms with Crippen LogP contribution in [0.4, 0.5) is 0 Å². The molecule has 2 aromatic rings. The minimum absolute atomic E-state index is 0.297. The number of carboxylic acids is 1. The SMILES string of the molecule is O=C(O)c1cccc(-c2cccc3c2OCCC3)c1. The largest absolute Gasteiger partial charge is 0.493 e. The highest BCUT2D eigenvalue weighted by Crippen LogP contribution is 2.36. The molecule has 3 rings (SSSR count). The van der Waals surface area contributed by atoms with Crippen molar-refractivity contribution in [3.8, 4) is 16.9 Å². The second-order valence-corrected chi connectivity index (χ2v) is 4.63. The first kappa shape index (κ1) is 11.8. The predicted molar refractivity (Wildman–Crippen MR) is 72.7 cm³/mol. The van der Waals surface area contributed by atoms with E-state index in [-0.39, 0.29) is 0 Å². The van der Waals surface area contributed by atoms with Gasteiger partial charge in [-0.25, -0.2) is 4.79 Å². The predicted octanol–water partition coefficient (Wildman–Crippen LogP) is 3.38. The first-order chi connectivity index (χ1) is 9.25. The average Bonchev–Trinajstić information content (AvgIpc) is 2.47. The highest BCUT2D eigenvalue weighted by atomic mass is 16.5. The number of carbonyl (C=O) groups is 1. The van der Waals surface area contributed by atoms with Crippen LogP contribution in [0.3, 0.4) is 0 Å². The number of para-hydroxylation sites is 1. The smallest absolute Gasteiger partial charge is 0.335 e. The van der Waals surface area contributed by atoms with Gasteiger partial charge in [-0.15, -0.1) is 0 Å². The molecule has 0 unspecified atom stereocenters. The Hall–Kier alpha value is -2.29. The van der Waals surface area contributed by atoms with Crippen LogP contribution in [0.1, 0.15) is 22.3 Å². The van der Waals surface area contributed by atoms with Crippen LogP contribution in [-0.4, -0.2) is 17.7 Å². The van der Waals surface area contributed by atoms with Crippen molar-refractivity contribution in [2.75, 3.05) is 6.61 Å². The van der Waals surface area contributed by atoms with Gasteiger partial charge in [0.25, 0.3) is 0 Å². The molecule has 0 aliphatic carbocycles. The Bertz CT molecular complexity index is 632. The molecule has 3 nitrogen and oxygen atoms in total. The third-order valence-electron chi connectivity index (χ3n) is 3.35. The van der Waals surface area contributed by atoms with Crippen LogP contribution >= 0.6 is 0 Å². The quantitative estimate of drug-likeness (QED) is 0.893. The summed E-state index contributed by atoms with van der Waals surface area (Å²) in [6.45, 7) is 0.725. The van der Waals surface area contributed by atoms with E-state index in [1.54, 1.807) is 18.2 Å². The molecule has 1 aliphatic rings. The summed E-state index contributed by atoms with van der Waals surface area (Å²) in [7, 11) is 0. The van der Waals surface area contributed by atoms with E-state index in [0.29, 0.717) is 5.56 Å². The molecule has 19 heavy (non-hydrogen) atoms. The lowest BCUT2D eigenvalue weighted by Crippen LogP contribution is -2.09. The minimum Gasteiger partial charge on any atom is -0.493 e. The molecule has 0 amide bonds. The van der Waals surface area contributed by atoms with Gasteiger partial charge >= 0.3 is 5.97 Å². The van der Waals surface area contributed by atoms with Gasteiger partial charge in [0.2, 0.25) is 0 Å². The number of aromatic carboxylic acids is 1. The maximum Gasteiger partial charge on any atom is 0.335 e. The lowest BCUT2D eigenvalue weighted by Gasteiger charge is -2.20.